The Balaban J connectivity index is 1.84. The van der Waals surface area contributed by atoms with Gasteiger partial charge in [-0.25, -0.2) is 0 Å². The first-order valence-electron chi connectivity index (χ1n) is 5.66. The minimum Gasteiger partial charge on any atom is -0.316 e. The van der Waals surface area contributed by atoms with Crippen LogP contribution in [0.25, 0.3) is 0 Å². The van der Waals surface area contributed by atoms with Crippen molar-refractivity contribution in [1.82, 2.24) is 15.1 Å². The first-order valence-corrected chi connectivity index (χ1v) is 6.04. The summed E-state index contributed by atoms with van der Waals surface area (Å²) in [7, 11) is 0. The summed E-state index contributed by atoms with van der Waals surface area (Å²) >= 11 is 6.11. The molecule has 15 heavy (non-hydrogen) atoms. The molecule has 1 saturated heterocycles. The molecule has 4 heteroatoms. The molecule has 1 aliphatic heterocycles. The lowest BCUT2D eigenvalue weighted by Gasteiger charge is -2.22. The molecular formula is C11H18ClN3. The van der Waals surface area contributed by atoms with Gasteiger partial charge in [-0.2, -0.15) is 5.10 Å². The van der Waals surface area contributed by atoms with Gasteiger partial charge in [0.2, 0.25) is 0 Å². The molecule has 1 N–H and O–H groups in total. The third-order valence-corrected chi connectivity index (χ3v) is 3.58. The van der Waals surface area contributed by atoms with Crippen LogP contribution < -0.4 is 5.32 Å². The van der Waals surface area contributed by atoms with Crippen molar-refractivity contribution in [2.45, 2.75) is 32.7 Å². The van der Waals surface area contributed by atoms with Crippen molar-refractivity contribution in [2.75, 3.05) is 13.1 Å². The molecule has 1 atom stereocenters. The van der Waals surface area contributed by atoms with E-state index < -0.39 is 0 Å². The van der Waals surface area contributed by atoms with E-state index in [4.69, 9.17) is 11.6 Å². The first kappa shape index (κ1) is 11.0. The SMILES string of the molecule is Cc1cnn(CCC2CCCNC2)c1Cl. The van der Waals surface area contributed by atoms with E-state index in [1.54, 1.807) is 0 Å². The highest BCUT2D eigenvalue weighted by Gasteiger charge is 2.13. The number of hydrogen-bond donors (Lipinski definition) is 1. The normalized spacial score (nSPS) is 21.9. The summed E-state index contributed by atoms with van der Waals surface area (Å²) in [5.41, 5.74) is 1.07. The van der Waals surface area contributed by atoms with Crippen molar-refractivity contribution in [2.24, 2.45) is 5.92 Å². The summed E-state index contributed by atoms with van der Waals surface area (Å²) < 4.78 is 1.91. The van der Waals surface area contributed by atoms with Crippen molar-refractivity contribution in [1.29, 1.82) is 0 Å². The Morgan fingerprint density at radius 3 is 3.13 bits per heavy atom. The van der Waals surface area contributed by atoms with Crippen molar-refractivity contribution in [3.05, 3.63) is 16.9 Å². The fourth-order valence-corrected chi connectivity index (χ4v) is 2.27. The largest absolute Gasteiger partial charge is 0.316 e. The van der Waals surface area contributed by atoms with Crippen LogP contribution in [0, 0.1) is 12.8 Å². The average Bonchev–Trinajstić information content (AvgIpc) is 2.59. The van der Waals surface area contributed by atoms with Crippen LogP contribution in [0.1, 0.15) is 24.8 Å². The number of rotatable bonds is 3. The van der Waals surface area contributed by atoms with Gasteiger partial charge in [0.05, 0.1) is 6.20 Å². The zero-order valence-corrected chi connectivity index (χ0v) is 9.93. The lowest BCUT2D eigenvalue weighted by molar-refractivity contribution is 0.336. The number of halogens is 1. The molecule has 84 valence electrons. The van der Waals surface area contributed by atoms with E-state index in [1.807, 2.05) is 17.8 Å². The summed E-state index contributed by atoms with van der Waals surface area (Å²) in [6, 6.07) is 0. The molecule has 3 nitrogen and oxygen atoms in total. The highest BCUT2D eigenvalue weighted by molar-refractivity contribution is 6.30. The van der Waals surface area contributed by atoms with Crippen LogP contribution in [-0.4, -0.2) is 22.9 Å². The molecule has 2 heterocycles. The molecule has 0 spiro atoms. The van der Waals surface area contributed by atoms with Gasteiger partial charge in [0, 0.05) is 12.1 Å². The Kier molecular flexibility index (Phi) is 3.65. The molecule has 0 bridgehead atoms. The zero-order chi connectivity index (χ0) is 10.7. The topological polar surface area (TPSA) is 29.9 Å². The van der Waals surface area contributed by atoms with Crippen LogP contribution in [0.15, 0.2) is 6.20 Å². The van der Waals surface area contributed by atoms with Crippen LogP contribution in [-0.2, 0) is 6.54 Å². The molecule has 0 radical (unpaired) electrons. The zero-order valence-electron chi connectivity index (χ0n) is 9.17. The predicted octanol–water partition coefficient (Wildman–Crippen LogP) is 2.23. The monoisotopic (exact) mass is 227 g/mol. The second kappa shape index (κ2) is 4.99. The molecule has 1 aliphatic rings. The van der Waals surface area contributed by atoms with Gasteiger partial charge in [-0.1, -0.05) is 11.6 Å². The van der Waals surface area contributed by atoms with E-state index in [0.29, 0.717) is 0 Å². The molecule has 0 aromatic carbocycles. The Bertz CT molecular complexity index is 316. The Labute approximate surface area is 95.8 Å². The molecule has 1 aromatic rings. The number of nitrogens with zero attached hydrogens (tertiary/aromatic N) is 2. The fourth-order valence-electron chi connectivity index (χ4n) is 2.09. The number of aromatic nitrogens is 2. The molecule has 1 fully saturated rings. The molecule has 2 rings (SSSR count). The van der Waals surface area contributed by atoms with Crippen molar-refractivity contribution >= 4 is 11.6 Å². The molecule has 0 saturated carbocycles. The first-order chi connectivity index (χ1) is 7.27. The van der Waals surface area contributed by atoms with Crippen molar-refractivity contribution < 1.29 is 0 Å². The van der Waals surface area contributed by atoms with Gasteiger partial charge < -0.3 is 5.32 Å². The average molecular weight is 228 g/mol. The molecule has 0 amide bonds. The van der Waals surface area contributed by atoms with Crippen LogP contribution in [0.3, 0.4) is 0 Å². The van der Waals surface area contributed by atoms with Gasteiger partial charge in [-0.05, 0) is 45.2 Å². The van der Waals surface area contributed by atoms with Gasteiger partial charge in [0.1, 0.15) is 5.15 Å². The lowest BCUT2D eigenvalue weighted by Crippen LogP contribution is -2.30. The van der Waals surface area contributed by atoms with Crippen molar-refractivity contribution in [3.8, 4) is 0 Å². The van der Waals surface area contributed by atoms with Gasteiger partial charge in [-0.15, -0.1) is 0 Å². The highest BCUT2D eigenvalue weighted by Crippen LogP contribution is 2.18. The van der Waals surface area contributed by atoms with Crippen LogP contribution in [0.5, 0.6) is 0 Å². The van der Waals surface area contributed by atoms with Crippen LogP contribution in [0.2, 0.25) is 5.15 Å². The second-order valence-electron chi connectivity index (χ2n) is 4.34. The van der Waals surface area contributed by atoms with E-state index in [-0.39, 0.29) is 0 Å². The lowest BCUT2D eigenvalue weighted by atomic mass is 9.96. The van der Waals surface area contributed by atoms with E-state index in [0.717, 1.165) is 29.7 Å². The maximum atomic E-state index is 6.11. The van der Waals surface area contributed by atoms with Gasteiger partial charge in [0.25, 0.3) is 0 Å². The number of hydrogen-bond acceptors (Lipinski definition) is 2. The van der Waals surface area contributed by atoms with Crippen LogP contribution >= 0.6 is 11.6 Å². The minimum absolute atomic E-state index is 0.791. The number of nitrogens with one attached hydrogen (secondary N) is 1. The molecule has 1 aromatic heterocycles. The summed E-state index contributed by atoms with van der Waals surface area (Å²) in [4.78, 5) is 0. The Morgan fingerprint density at radius 1 is 1.67 bits per heavy atom. The number of piperidine rings is 1. The minimum atomic E-state index is 0.791. The maximum absolute atomic E-state index is 6.11. The Morgan fingerprint density at radius 2 is 2.53 bits per heavy atom. The van der Waals surface area contributed by atoms with E-state index in [1.165, 1.54) is 25.8 Å². The Hall–Kier alpha value is -0.540. The van der Waals surface area contributed by atoms with Crippen LogP contribution in [0.4, 0.5) is 0 Å². The quantitative estimate of drug-likeness (QED) is 0.859. The standard InChI is InChI=1S/C11H18ClN3/c1-9-7-14-15(11(9)12)6-4-10-3-2-5-13-8-10/h7,10,13H,2-6,8H2,1H3. The number of aryl methyl sites for hydroxylation is 2. The summed E-state index contributed by atoms with van der Waals surface area (Å²) in [6.45, 7) is 5.27. The molecule has 1 unspecified atom stereocenters. The van der Waals surface area contributed by atoms with Gasteiger partial charge in [0.15, 0.2) is 0 Å². The molecule has 0 aliphatic carbocycles. The summed E-state index contributed by atoms with van der Waals surface area (Å²) in [6.07, 6.45) is 5.65. The van der Waals surface area contributed by atoms with E-state index in [2.05, 4.69) is 10.4 Å². The second-order valence-corrected chi connectivity index (χ2v) is 4.70. The summed E-state index contributed by atoms with van der Waals surface area (Å²) in [5.74, 6) is 0.791. The third kappa shape index (κ3) is 2.73. The predicted molar refractivity (Wildman–Crippen MR) is 62.2 cm³/mol. The fraction of sp³-hybridized carbons (Fsp3) is 0.727. The maximum Gasteiger partial charge on any atom is 0.129 e. The highest BCUT2D eigenvalue weighted by atomic mass is 35.5. The van der Waals surface area contributed by atoms with E-state index in [9.17, 15) is 0 Å². The van der Waals surface area contributed by atoms with E-state index >= 15 is 0 Å². The molecular weight excluding hydrogens is 210 g/mol. The smallest absolute Gasteiger partial charge is 0.129 e. The van der Waals surface area contributed by atoms with Gasteiger partial charge >= 0.3 is 0 Å². The van der Waals surface area contributed by atoms with Gasteiger partial charge in [-0.3, -0.25) is 4.68 Å². The summed E-state index contributed by atoms with van der Waals surface area (Å²) in [5, 5.41) is 8.48. The third-order valence-electron chi connectivity index (χ3n) is 3.09. The van der Waals surface area contributed by atoms with Crippen molar-refractivity contribution in [3.63, 3.8) is 0 Å².